The van der Waals surface area contributed by atoms with Crippen LogP contribution < -0.4 is 4.74 Å². The molecule has 0 aromatic heterocycles. The third-order valence-electron chi connectivity index (χ3n) is 4.05. The summed E-state index contributed by atoms with van der Waals surface area (Å²) in [5.74, 6) is -0.776. The Morgan fingerprint density at radius 3 is 2.58 bits per heavy atom. The molecule has 0 unspecified atom stereocenters. The predicted molar refractivity (Wildman–Crippen MR) is 82.2 cm³/mol. The van der Waals surface area contributed by atoms with Crippen molar-refractivity contribution in [2.45, 2.75) is 37.1 Å². The number of phenols is 1. The monoisotopic (exact) mass is 340 g/mol. The minimum atomic E-state index is -2.41. The number of ether oxygens (including phenoxy) is 2. The molecule has 0 amide bonds. The lowest BCUT2D eigenvalue weighted by Gasteiger charge is -2.44. The normalized spacial score (nSPS) is 33.6. The molecule has 8 heteroatoms. The number of hydrogen-bond donors (Lipinski definition) is 5. The van der Waals surface area contributed by atoms with Gasteiger partial charge < -0.3 is 35.0 Å². The number of aliphatic hydroxyl groups excluding tert-OH is 3. The molecule has 1 fully saturated rings. The molecule has 0 bridgehead atoms. The van der Waals surface area contributed by atoms with Crippen molar-refractivity contribution in [2.75, 3.05) is 7.11 Å². The molecule has 1 aliphatic rings. The van der Waals surface area contributed by atoms with Gasteiger partial charge in [0, 0.05) is 0 Å². The minimum absolute atomic E-state index is 0.126. The number of carbonyl (C=O) groups is 1. The highest BCUT2D eigenvalue weighted by Crippen LogP contribution is 2.31. The van der Waals surface area contributed by atoms with E-state index in [2.05, 4.69) is 0 Å². The average Bonchev–Trinajstić information content (AvgIpc) is 2.56. The van der Waals surface area contributed by atoms with E-state index in [0.29, 0.717) is 5.56 Å². The fourth-order valence-corrected chi connectivity index (χ4v) is 2.51. The second-order valence-electron chi connectivity index (χ2n) is 5.56. The fraction of sp³-hybridized carbons (Fsp3) is 0.438. The van der Waals surface area contributed by atoms with Gasteiger partial charge in [0.1, 0.15) is 12.2 Å². The van der Waals surface area contributed by atoms with Crippen LogP contribution in [0.15, 0.2) is 24.3 Å². The van der Waals surface area contributed by atoms with Gasteiger partial charge in [0.2, 0.25) is 0 Å². The first-order valence-corrected chi connectivity index (χ1v) is 7.23. The number of phenolic OH excluding ortho intramolecular Hbond substituents is 1. The van der Waals surface area contributed by atoms with Crippen molar-refractivity contribution < 1.29 is 39.8 Å². The molecule has 1 aromatic rings. The van der Waals surface area contributed by atoms with Gasteiger partial charge in [0.15, 0.2) is 29.2 Å². The summed E-state index contributed by atoms with van der Waals surface area (Å²) in [4.78, 5) is 12.3. The molecular weight excluding hydrogens is 320 g/mol. The van der Waals surface area contributed by atoms with E-state index in [4.69, 9.17) is 9.47 Å². The SMILES string of the molecule is COc1ccc(/C=C/C(=O)[C@]2(O)[C@H](C)O[C@@H](O)[C@H](O)[C@@H]2O)cc1O. The number of aliphatic hydroxyl groups is 4. The summed E-state index contributed by atoms with van der Waals surface area (Å²) in [6.45, 7) is 1.29. The summed E-state index contributed by atoms with van der Waals surface area (Å²) < 4.78 is 9.80. The summed E-state index contributed by atoms with van der Waals surface area (Å²) in [5, 5.41) is 49.1. The van der Waals surface area contributed by atoms with Gasteiger partial charge in [-0.1, -0.05) is 12.1 Å². The van der Waals surface area contributed by atoms with Crippen molar-refractivity contribution in [1.82, 2.24) is 0 Å². The first-order valence-electron chi connectivity index (χ1n) is 7.23. The lowest BCUT2D eigenvalue weighted by Crippen LogP contribution is -2.68. The van der Waals surface area contributed by atoms with Crippen molar-refractivity contribution in [2.24, 2.45) is 0 Å². The Morgan fingerprint density at radius 2 is 2.00 bits per heavy atom. The van der Waals surface area contributed by atoms with Crippen LogP contribution in [0.4, 0.5) is 0 Å². The maximum absolute atomic E-state index is 12.3. The first kappa shape index (κ1) is 18.4. The molecule has 0 saturated carbocycles. The number of benzene rings is 1. The van der Waals surface area contributed by atoms with E-state index in [-0.39, 0.29) is 11.5 Å². The van der Waals surface area contributed by atoms with Gasteiger partial charge in [-0.05, 0) is 30.7 Å². The Kier molecular flexibility index (Phi) is 5.26. The van der Waals surface area contributed by atoms with Crippen molar-refractivity contribution in [3.8, 4) is 11.5 Å². The van der Waals surface area contributed by atoms with Gasteiger partial charge >= 0.3 is 0 Å². The Hall–Kier alpha value is -1.97. The molecule has 0 spiro atoms. The second-order valence-corrected chi connectivity index (χ2v) is 5.56. The van der Waals surface area contributed by atoms with E-state index in [1.165, 1.54) is 32.2 Å². The number of rotatable bonds is 4. The van der Waals surface area contributed by atoms with Crippen molar-refractivity contribution in [3.63, 3.8) is 0 Å². The van der Waals surface area contributed by atoms with E-state index in [1.54, 1.807) is 6.07 Å². The smallest absolute Gasteiger partial charge is 0.192 e. The van der Waals surface area contributed by atoms with E-state index < -0.39 is 36.0 Å². The number of carbonyl (C=O) groups excluding carboxylic acids is 1. The van der Waals surface area contributed by atoms with Crippen LogP contribution in [0.3, 0.4) is 0 Å². The third kappa shape index (κ3) is 3.14. The quantitative estimate of drug-likeness (QED) is 0.448. The number of methoxy groups -OCH3 is 1. The van der Waals surface area contributed by atoms with E-state index in [9.17, 15) is 30.3 Å². The molecule has 1 aliphatic heterocycles. The second kappa shape index (κ2) is 6.88. The van der Waals surface area contributed by atoms with Gasteiger partial charge in [0.25, 0.3) is 0 Å². The first-order chi connectivity index (χ1) is 11.2. The zero-order valence-corrected chi connectivity index (χ0v) is 13.2. The Morgan fingerprint density at radius 1 is 1.33 bits per heavy atom. The van der Waals surface area contributed by atoms with Crippen LogP contribution in [0.2, 0.25) is 0 Å². The van der Waals surface area contributed by atoms with Gasteiger partial charge in [-0.25, -0.2) is 0 Å². The Balaban J connectivity index is 2.23. The average molecular weight is 340 g/mol. The van der Waals surface area contributed by atoms with Crippen LogP contribution in [-0.2, 0) is 9.53 Å². The largest absolute Gasteiger partial charge is 0.504 e. The van der Waals surface area contributed by atoms with Crippen molar-refractivity contribution >= 4 is 11.9 Å². The van der Waals surface area contributed by atoms with Crippen molar-refractivity contribution in [3.05, 3.63) is 29.8 Å². The summed E-state index contributed by atoms with van der Waals surface area (Å²) in [7, 11) is 1.40. The van der Waals surface area contributed by atoms with Crippen LogP contribution in [0.25, 0.3) is 6.08 Å². The molecule has 1 heterocycles. The standard InChI is InChI=1S/C16H20O8/c1-8-16(22,14(20)13(19)15(21)24-8)12(18)6-4-9-3-5-11(23-2)10(17)7-9/h3-8,13-15,17,19-22H,1-2H3/b6-4+/t8-,13+,14-,15+,16+/m0/s1. The van der Waals surface area contributed by atoms with E-state index in [1.807, 2.05) is 0 Å². The number of hydrogen-bond acceptors (Lipinski definition) is 8. The molecule has 132 valence electrons. The summed E-state index contributed by atoms with van der Waals surface area (Å²) in [5.41, 5.74) is -1.96. The molecule has 5 atom stereocenters. The minimum Gasteiger partial charge on any atom is -0.504 e. The van der Waals surface area contributed by atoms with Crippen LogP contribution in [0, 0.1) is 0 Å². The fourth-order valence-electron chi connectivity index (χ4n) is 2.51. The Labute approximate surface area is 138 Å². The third-order valence-corrected chi connectivity index (χ3v) is 4.05. The highest BCUT2D eigenvalue weighted by Gasteiger charge is 2.56. The molecule has 0 radical (unpaired) electrons. The maximum atomic E-state index is 12.3. The van der Waals surface area contributed by atoms with Gasteiger partial charge in [0.05, 0.1) is 13.2 Å². The topological polar surface area (TPSA) is 137 Å². The van der Waals surface area contributed by atoms with Gasteiger partial charge in [-0.2, -0.15) is 0 Å². The summed E-state index contributed by atoms with van der Waals surface area (Å²) in [6.07, 6.45) is -4.38. The molecule has 1 aromatic carbocycles. The molecule has 5 N–H and O–H groups in total. The van der Waals surface area contributed by atoms with Gasteiger partial charge in [-0.3, -0.25) is 4.79 Å². The summed E-state index contributed by atoms with van der Waals surface area (Å²) in [6, 6.07) is 4.42. The summed E-state index contributed by atoms with van der Waals surface area (Å²) >= 11 is 0. The molecule has 24 heavy (non-hydrogen) atoms. The van der Waals surface area contributed by atoms with Gasteiger partial charge in [-0.15, -0.1) is 0 Å². The maximum Gasteiger partial charge on any atom is 0.192 e. The molecule has 0 aliphatic carbocycles. The molecule has 1 saturated heterocycles. The number of aromatic hydroxyl groups is 1. The molecular formula is C16H20O8. The lowest BCUT2D eigenvalue weighted by molar-refractivity contribution is -0.301. The van der Waals surface area contributed by atoms with Crippen LogP contribution in [0.5, 0.6) is 11.5 Å². The van der Waals surface area contributed by atoms with Crippen LogP contribution >= 0.6 is 0 Å². The zero-order chi connectivity index (χ0) is 18.1. The van der Waals surface area contributed by atoms with E-state index >= 15 is 0 Å². The van der Waals surface area contributed by atoms with E-state index in [0.717, 1.165) is 6.08 Å². The molecule has 2 rings (SSSR count). The van der Waals surface area contributed by atoms with Crippen molar-refractivity contribution in [1.29, 1.82) is 0 Å². The predicted octanol–water partition coefficient (Wildman–Crippen LogP) is -0.827. The highest BCUT2D eigenvalue weighted by molar-refractivity contribution is 6.01. The zero-order valence-electron chi connectivity index (χ0n) is 13.2. The lowest BCUT2D eigenvalue weighted by atomic mass is 9.81. The van der Waals surface area contributed by atoms with Crippen LogP contribution in [-0.4, -0.2) is 68.6 Å². The van der Waals surface area contributed by atoms with Crippen LogP contribution in [0.1, 0.15) is 12.5 Å². The Bertz CT molecular complexity index is 643. The molecule has 8 nitrogen and oxygen atoms in total. The number of ketones is 1. The highest BCUT2D eigenvalue weighted by atomic mass is 16.6.